The Labute approximate surface area is 161 Å². The number of carbonyl (C=O) groups is 3. The number of ether oxygens (including phenoxy) is 1. The molecule has 3 N–H and O–H groups in total. The largest absolute Gasteiger partial charge is 0.489 e. The molecule has 1 aliphatic rings. The quantitative estimate of drug-likeness (QED) is 0.476. The minimum atomic E-state index is -1.79. The molecule has 0 atom stereocenters. The summed E-state index contributed by atoms with van der Waals surface area (Å²) >= 11 is 0. The van der Waals surface area contributed by atoms with Gasteiger partial charge in [0, 0.05) is 24.2 Å². The summed E-state index contributed by atoms with van der Waals surface area (Å²) in [7, 11) is -1.79. The highest BCUT2D eigenvalue weighted by atomic mass is 16.6. The number of carbonyl (C=O) groups excluding carboxylic acids is 3. The fourth-order valence-electron chi connectivity index (χ4n) is 2.85. The molecule has 0 unspecified atom stereocenters. The number of hydrogen-bond donors (Lipinski definition) is 3. The summed E-state index contributed by atoms with van der Waals surface area (Å²) in [6.07, 6.45) is 0.0122. The van der Waals surface area contributed by atoms with Crippen LogP contribution in [0.15, 0.2) is 48.5 Å². The number of nitrogens with zero attached hydrogens (tertiary/aromatic N) is 1. The Bertz CT molecular complexity index is 868. The Hall–Kier alpha value is -3.17. The Kier molecular flexibility index (Phi) is 6.08. The number of nitrogens with one attached hydrogen (secondary N) is 1. The van der Waals surface area contributed by atoms with Gasteiger partial charge < -0.3 is 25.0 Å². The van der Waals surface area contributed by atoms with Crippen molar-refractivity contribution in [1.29, 1.82) is 0 Å². The second kappa shape index (κ2) is 8.68. The van der Waals surface area contributed by atoms with Crippen LogP contribution in [0.1, 0.15) is 26.3 Å². The van der Waals surface area contributed by atoms with E-state index in [1.165, 1.54) is 23.1 Å². The van der Waals surface area contributed by atoms with Gasteiger partial charge in [0.15, 0.2) is 0 Å². The zero-order chi connectivity index (χ0) is 20.1. The molecule has 1 fully saturated rings. The second-order valence-electron chi connectivity index (χ2n) is 6.45. The van der Waals surface area contributed by atoms with Crippen molar-refractivity contribution >= 4 is 30.9 Å². The Morgan fingerprint density at radius 2 is 1.89 bits per heavy atom. The summed E-state index contributed by atoms with van der Waals surface area (Å²) in [5.41, 5.74) is 1.17. The minimum Gasteiger partial charge on any atom is -0.445 e. The first-order valence-corrected chi connectivity index (χ1v) is 8.69. The first-order chi connectivity index (χ1) is 13.5. The zero-order valence-electron chi connectivity index (χ0n) is 14.9. The zero-order valence-corrected chi connectivity index (χ0v) is 14.9. The molecule has 3 rings (SSSR count). The van der Waals surface area contributed by atoms with Gasteiger partial charge in [-0.2, -0.15) is 0 Å². The van der Waals surface area contributed by atoms with Crippen LogP contribution in [-0.2, 0) is 11.3 Å². The van der Waals surface area contributed by atoms with E-state index in [2.05, 4.69) is 5.32 Å². The Morgan fingerprint density at radius 3 is 2.54 bits per heavy atom. The van der Waals surface area contributed by atoms with E-state index < -0.39 is 19.1 Å². The molecule has 0 saturated carbocycles. The highest BCUT2D eigenvalue weighted by Crippen LogP contribution is 2.12. The highest BCUT2D eigenvalue weighted by Gasteiger charge is 2.33. The van der Waals surface area contributed by atoms with Crippen LogP contribution in [0.3, 0.4) is 0 Å². The van der Waals surface area contributed by atoms with Crippen molar-refractivity contribution in [2.24, 2.45) is 0 Å². The van der Waals surface area contributed by atoms with E-state index in [0.717, 1.165) is 5.56 Å². The van der Waals surface area contributed by atoms with Crippen molar-refractivity contribution in [1.82, 2.24) is 10.2 Å². The predicted octanol–water partition coefficient (Wildman–Crippen LogP) is -0.0703. The van der Waals surface area contributed by atoms with Crippen LogP contribution in [-0.4, -0.2) is 59.5 Å². The van der Waals surface area contributed by atoms with Gasteiger partial charge in [0.2, 0.25) is 0 Å². The van der Waals surface area contributed by atoms with E-state index in [1.807, 2.05) is 30.3 Å². The fraction of sp³-hybridized carbons (Fsp3) is 0.211. The third-order valence-corrected chi connectivity index (χ3v) is 4.43. The topological polar surface area (TPSA) is 116 Å². The molecule has 0 spiro atoms. The highest BCUT2D eigenvalue weighted by molar-refractivity contribution is 6.60. The van der Waals surface area contributed by atoms with Crippen molar-refractivity contribution in [3.8, 4) is 0 Å². The molecule has 144 valence electrons. The third kappa shape index (κ3) is 4.57. The fourth-order valence-corrected chi connectivity index (χ4v) is 2.85. The molecular weight excluding hydrogens is 363 g/mol. The lowest BCUT2D eigenvalue weighted by Crippen LogP contribution is -2.61. The molecule has 28 heavy (non-hydrogen) atoms. The third-order valence-electron chi connectivity index (χ3n) is 4.43. The van der Waals surface area contributed by atoms with E-state index in [0.29, 0.717) is 19.4 Å². The van der Waals surface area contributed by atoms with Gasteiger partial charge in [-0.05, 0) is 23.2 Å². The van der Waals surface area contributed by atoms with Crippen LogP contribution in [0.4, 0.5) is 4.79 Å². The molecule has 0 aliphatic carbocycles. The average Bonchev–Trinajstić information content (AvgIpc) is 2.68. The first-order valence-electron chi connectivity index (χ1n) is 8.69. The van der Waals surface area contributed by atoms with Crippen molar-refractivity contribution in [2.45, 2.75) is 12.6 Å². The molecule has 2 amide bonds. The Morgan fingerprint density at radius 1 is 1.18 bits per heavy atom. The summed E-state index contributed by atoms with van der Waals surface area (Å²) in [4.78, 5) is 36.8. The summed E-state index contributed by atoms with van der Waals surface area (Å²) in [6.45, 7) is 0.839. The molecule has 8 nitrogen and oxygen atoms in total. The van der Waals surface area contributed by atoms with Crippen LogP contribution >= 0.6 is 0 Å². The summed E-state index contributed by atoms with van der Waals surface area (Å²) in [6, 6.07) is 13.1. The van der Waals surface area contributed by atoms with Crippen LogP contribution in [0, 0.1) is 0 Å². The molecule has 0 aromatic heterocycles. The van der Waals surface area contributed by atoms with Crippen molar-refractivity contribution in [3.05, 3.63) is 65.2 Å². The minimum absolute atomic E-state index is 0.0300. The lowest BCUT2D eigenvalue weighted by atomic mass is 9.77. The smallest absolute Gasteiger partial charge is 0.445 e. The monoisotopic (exact) mass is 382 g/mol. The molecule has 0 radical (unpaired) electrons. The lowest BCUT2D eigenvalue weighted by molar-refractivity contribution is 0.0561. The lowest BCUT2D eigenvalue weighted by Gasteiger charge is -2.38. The first kappa shape index (κ1) is 19.6. The molecule has 9 heteroatoms. The van der Waals surface area contributed by atoms with Gasteiger partial charge in [-0.3, -0.25) is 9.59 Å². The van der Waals surface area contributed by atoms with Gasteiger partial charge in [0.25, 0.3) is 5.91 Å². The van der Waals surface area contributed by atoms with E-state index in [1.54, 1.807) is 0 Å². The van der Waals surface area contributed by atoms with Gasteiger partial charge in [-0.1, -0.05) is 36.4 Å². The summed E-state index contributed by atoms with van der Waals surface area (Å²) < 4.78 is 5.22. The maximum absolute atomic E-state index is 12.3. The molecule has 2 aromatic rings. The van der Waals surface area contributed by atoms with E-state index >= 15 is 0 Å². The van der Waals surface area contributed by atoms with Gasteiger partial charge in [-0.25, -0.2) is 4.79 Å². The molecule has 2 aromatic carbocycles. The number of rotatable bonds is 6. The van der Waals surface area contributed by atoms with Crippen LogP contribution in [0.5, 0.6) is 0 Å². The second-order valence-corrected chi connectivity index (χ2v) is 6.45. The van der Waals surface area contributed by atoms with Crippen molar-refractivity contribution in [2.75, 3.05) is 13.1 Å². The van der Waals surface area contributed by atoms with Gasteiger partial charge >= 0.3 is 13.2 Å². The van der Waals surface area contributed by atoms with Gasteiger partial charge in [0.1, 0.15) is 12.9 Å². The van der Waals surface area contributed by atoms with Crippen molar-refractivity contribution in [3.63, 3.8) is 0 Å². The Balaban J connectivity index is 1.48. The molecular formula is C19H19BN2O6. The van der Waals surface area contributed by atoms with Crippen molar-refractivity contribution < 1.29 is 29.2 Å². The van der Waals surface area contributed by atoms with Crippen LogP contribution < -0.4 is 10.8 Å². The van der Waals surface area contributed by atoms with E-state index in [-0.39, 0.29) is 29.2 Å². The van der Waals surface area contributed by atoms with Gasteiger partial charge in [-0.15, -0.1) is 0 Å². The van der Waals surface area contributed by atoms with Crippen LogP contribution in [0.25, 0.3) is 0 Å². The number of likely N-dealkylation sites (tertiary alicyclic amines) is 1. The number of hydrogen-bond acceptors (Lipinski definition) is 6. The number of amides is 2. The normalized spacial score (nSPS) is 13.4. The molecule has 1 saturated heterocycles. The summed E-state index contributed by atoms with van der Waals surface area (Å²) in [5.74, 6) is -0.413. The maximum Gasteiger partial charge on any atom is 0.489 e. The number of aldehydes is 1. The molecule has 0 bridgehead atoms. The van der Waals surface area contributed by atoms with Crippen LogP contribution in [0.2, 0.25) is 0 Å². The standard InChI is InChI=1S/C19H19BN2O6/c23-11-15-8-14(6-7-17(15)20(26)27)18(24)21-16-9-22(10-16)19(25)28-12-13-4-2-1-3-5-13/h1-8,11,16,26-27H,9-10,12H2,(H,21,24). The molecule has 1 aliphatic heterocycles. The SMILES string of the molecule is O=Cc1cc(C(=O)NC2CN(C(=O)OCc3ccccc3)C2)ccc1B(O)O. The maximum atomic E-state index is 12.3. The predicted molar refractivity (Wildman–Crippen MR) is 101 cm³/mol. The number of benzene rings is 2. The average molecular weight is 382 g/mol. The molecule has 1 heterocycles. The van der Waals surface area contributed by atoms with Gasteiger partial charge in [0.05, 0.1) is 6.04 Å². The van der Waals surface area contributed by atoms with E-state index in [9.17, 15) is 24.4 Å². The summed E-state index contributed by atoms with van der Waals surface area (Å²) in [5, 5.41) is 21.2. The van der Waals surface area contributed by atoms with E-state index in [4.69, 9.17) is 4.74 Å².